The Hall–Kier alpha value is -2.41. The zero-order valence-electron chi connectivity index (χ0n) is 17.3. The highest BCUT2D eigenvalue weighted by Gasteiger charge is 2.28. The highest BCUT2D eigenvalue weighted by Crippen LogP contribution is 2.41. The molecule has 0 amide bonds. The van der Waals surface area contributed by atoms with Crippen LogP contribution < -0.4 is 10.3 Å². The maximum Gasteiger partial charge on any atom is 0.259 e. The normalized spacial score (nSPS) is 10.9. The number of nitrogens with two attached hydrogens (primary N) is 1. The van der Waals surface area contributed by atoms with Gasteiger partial charge in [-0.05, 0) is 49.7 Å². The number of carbonyl (C=O) groups excluding carboxylic acids is 1. The number of ketones is 1. The first kappa shape index (κ1) is 21.8. The minimum Gasteiger partial charge on any atom is -0.392 e. The Morgan fingerprint density at radius 1 is 1.03 bits per heavy atom. The number of hydrogen-bond donors (Lipinski definition) is 1. The van der Waals surface area contributed by atoms with Crippen molar-refractivity contribution in [2.24, 2.45) is 0 Å². The van der Waals surface area contributed by atoms with E-state index >= 15 is 0 Å². The van der Waals surface area contributed by atoms with Crippen molar-refractivity contribution in [3.05, 3.63) is 105 Å². The Morgan fingerprint density at radius 3 is 2.42 bits per heavy atom. The summed E-state index contributed by atoms with van der Waals surface area (Å²) in [4.78, 5) is 13.8. The number of thioether (sulfide) groups is 1. The molecule has 156 valence electrons. The minimum absolute atomic E-state index is 0.0494. The van der Waals surface area contributed by atoms with Crippen LogP contribution in [-0.4, -0.2) is 5.78 Å². The molecule has 0 atom stereocenters. The van der Waals surface area contributed by atoms with E-state index in [1.165, 1.54) is 22.5 Å². The lowest BCUT2D eigenvalue weighted by Crippen LogP contribution is -2.31. The van der Waals surface area contributed by atoms with Crippen molar-refractivity contribution >= 4 is 50.5 Å². The molecule has 4 aromatic rings. The lowest BCUT2D eigenvalue weighted by Gasteiger charge is -2.03. The molecule has 6 heteroatoms. The van der Waals surface area contributed by atoms with Crippen LogP contribution in [0.5, 0.6) is 0 Å². The van der Waals surface area contributed by atoms with Crippen LogP contribution in [0.1, 0.15) is 31.9 Å². The van der Waals surface area contributed by atoms with Gasteiger partial charge in [0.15, 0.2) is 12.4 Å². The fourth-order valence-electron chi connectivity index (χ4n) is 3.22. The van der Waals surface area contributed by atoms with Crippen LogP contribution in [0.15, 0.2) is 81.7 Å². The average molecular weight is 511 g/mol. The smallest absolute Gasteiger partial charge is 0.259 e. The summed E-state index contributed by atoms with van der Waals surface area (Å²) in [6.07, 6.45) is 4.03. The molecule has 0 spiro atoms. The Kier molecular flexibility index (Phi) is 6.60. The van der Waals surface area contributed by atoms with Crippen LogP contribution >= 0.6 is 39.0 Å². The number of anilines is 1. The molecule has 0 aliphatic carbocycles. The van der Waals surface area contributed by atoms with Crippen LogP contribution in [0.2, 0.25) is 0 Å². The minimum atomic E-state index is -0.0494. The molecule has 2 N–H and O–H groups in total. The summed E-state index contributed by atoms with van der Waals surface area (Å²) in [5.41, 5.74) is 12.2. The Balaban J connectivity index is 1.74. The van der Waals surface area contributed by atoms with Crippen molar-refractivity contribution in [3.63, 3.8) is 0 Å². The largest absolute Gasteiger partial charge is 0.392 e. The maximum absolute atomic E-state index is 13.3. The lowest BCUT2D eigenvalue weighted by molar-refractivity contribution is -0.597. The summed E-state index contributed by atoms with van der Waals surface area (Å²) in [6, 6.07) is 20.0. The summed E-state index contributed by atoms with van der Waals surface area (Å²) in [5, 5.41) is 0. The number of rotatable bonds is 6. The number of benzene rings is 2. The summed E-state index contributed by atoms with van der Waals surface area (Å²) in [6.45, 7) is 4.13. The summed E-state index contributed by atoms with van der Waals surface area (Å²) >= 11 is 6.61. The SMILES string of the molecule is Cc1ccc(CSc2sc(C(=O)c3ccc(Br)cc3)c(N)c2-[n+]2cccc(C)c2)cc1. The van der Waals surface area contributed by atoms with Gasteiger partial charge in [-0.25, -0.2) is 0 Å². The summed E-state index contributed by atoms with van der Waals surface area (Å²) in [5.74, 6) is 0.762. The highest BCUT2D eigenvalue weighted by molar-refractivity contribution is 9.10. The maximum atomic E-state index is 13.3. The van der Waals surface area contributed by atoms with E-state index in [0.29, 0.717) is 16.1 Å². The fraction of sp³-hybridized carbons (Fsp3) is 0.120. The van der Waals surface area contributed by atoms with Gasteiger partial charge in [0, 0.05) is 27.4 Å². The lowest BCUT2D eigenvalue weighted by atomic mass is 10.1. The second-order valence-corrected chi connectivity index (χ2v) is 10.6. The van der Waals surface area contributed by atoms with Crippen LogP contribution in [-0.2, 0) is 5.75 Å². The summed E-state index contributed by atoms with van der Waals surface area (Å²) in [7, 11) is 0. The first-order chi connectivity index (χ1) is 14.9. The number of carbonyl (C=O) groups is 1. The molecule has 0 unspecified atom stereocenters. The van der Waals surface area contributed by atoms with Gasteiger partial charge >= 0.3 is 0 Å². The van der Waals surface area contributed by atoms with Crippen LogP contribution in [0.4, 0.5) is 5.69 Å². The molecule has 0 saturated heterocycles. The van der Waals surface area contributed by atoms with Gasteiger partial charge in [0.1, 0.15) is 14.8 Å². The van der Waals surface area contributed by atoms with E-state index in [-0.39, 0.29) is 5.78 Å². The Labute approximate surface area is 199 Å². The molecule has 2 aromatic heterocycles. The van der Waals surface area contributed by atoms with E-state index in [2.05, 4.69) is 47.1 Å². The average Bonchev–Trinajstić information content (AvgIpc) is 3.09. The first-order valence-corrected chi connectivity index (χ1v) is 12.4. The topological polar surface area (TPSA) is 47.0 Å². The molecule has 0 bridgehead atoms. The number of nitrogens with zero attached hydrogens (tertiary/aromatic N) is 1. The third-order valence-electron chi connectivity index (χ3n) is 4.90. The molecular formula is C25H22BrN2OS2+. The quantitative estimate of drug-likeness (QED) is 0.183. The molecule has 0 saturated carbocycles. The van der Waals surface area contributed by atoms with Gasteiger partial charge in [0.05, 0.1) is 0 Å². The van der Waals surface area contributed by atoms with Gasteiger partial charge in [0.25, 0.3) is 5.69 Å². The van der Waals surface area contributed by atoms with Gasteiger partial charge in [-0.3, -0.25) is 4.79 Å². The second kappa shape index (κ2) is 9.39. The van der Waals surface area contributed by atoms with Gasteiger partial charge in [-0.15, -0.1) is 23.1 Å². The number of hydrogen-bond acceptors (Lipinski definition) is 4. The van der Waals surface area contributed by atoms with Crippen molar-refractivity contribution < 1.29 is 9.36 Å². The van der Waals surface area contributed by atoms with E-state index in [4.69, 9.17) is 5.73 Å². The van der Waals surface area contributed by atoms with E-state index in [1.807, 2.05) is 60.3 Å². The zero-order valence-corrected chi connectivity index (χ0v) is 20.5. The van der Waals surface area contributed by atoms with E-state index < -0.39 is 0 Å². The van der Waals surface area contributed by atoms with Crippen LogP contribution in [0, 0.1) is 13.8 Å². The second-order valence-electron chi connectivity index (χ2n) is 7.38. The van der Waals surface area contributed by atoms with E-state index in [9.17, 15) is 4.79 Å². The molecular weight excluding hydrogens is 488 g/mol. The predicted molar refractivity (Wildman–Crippen MR) is 133 cm³/mol. The number of nitrogen functional groups attached to an aromatic ring is 1. The molecule has 2 aromatic carbocycles. The van der Waals surface area contributed by atoms with E-state index in [0.717, 1.165) is 25.7 Å². The molecule has 3 nitrogen and oxygen atoms in total. The molecule has 2 heterocycles. The molecule has 31 heavy (non-hydrogen) atoms. The molecule has 0 radical (unpaired) electrons. The van der Waals surface area contributed by atoms with Crippen molar-refractivity contribution in [2.45, 2.75) is 23.8 Å². The number of halogens is 1. The standard InChI is InChI=1S/C25H21BrN2OS2/c1-16-5-7-18(8-6-16)15-30-25-22(28-13-3-4-17(2)14-28)21(27)24(31-25)23(29)19-9-11-20(26)12-10-19/h3-14H,15H2,1-2H3,(H-,27,29)/p+1. The van der Waals surface area contributed by atoms with Crippen molar-refractivity contribution in [1.29, 1.82) is 0 Å². The van der Waals surface area contributed by atoms with Crippen molar-refractivity contribution in [1.82, 2.24) is 0 Å². The van der Waals surface area contributed by atoms with Gasteiger partial charge in [0.2, 0.25) is 5.78 Å². The Bertz CT molecular complexity index is 1230. The molecule has 0 aliphatic heterocycles. The van der Waals surface area contributed by atoms with Crippen molar-refractivity contribution in [3.8, 4) is 5.69 Å². The number of thiophene rings is 1. The highest BCUT2D eigenvalue weighted by atomic mass is 79.9. The van der Waals surface area contributed by atoms with Crippen LogP contribution in [0.25, 0.3) is 5.69 Å². The van der Waals surface area contributed by atoms with Gasteiger partial charge < -0.3 is 5.73 Å². The fourth-order valence-corrected chi connectivity index (χ4v) is 5.91. The number of pyridine rings is 1. The van der Waals surface area contributed by atoms with Gasteiger partial charge in [-0.1, -0.05) is 45.8 Å². The third kappa shape index (κ3) is 4.92. The zero-order chi connectivity index (χ0) is 22.0. The molecule has 0 fully saturated rings. The Morgan fingerprint density at radius 2 is 1.74 bits per heavy atom. The number of aromatic nitrogens is 1. The van der Waals surface area contributed by atoms with Gasteiger partial charge in [-0.2, -0.15) is 4.57 Å². The number of aryl methyl sites for hydroxylation is 2. The third-order valence-corrected chi connectivity index (χ3v) is 7.95. The van der Waals surface area contributed by atoms with E-state index in [1.54, 1.807) is 11.8 Å². The molecule has 4 rings (SSSR count). The summed E-state index contributed by atoms with van der Waals surface area (Å²) < 4.78 is 4.00. The predicted octanol–water partition coefficient (Wildman–Crippen LogP) is 6.51. The molecule has 0 aliphatic rings. The van der Waals surface area contributed by atoms with Crippen molar-refractivity contribution in [2.75, 3.05) is 5.73 Å². The van der Waals surface area contributed by atoms with Crippen LogP contribution in [0.3, 0.4) is 0 Å². The monoisotopic (exact) mass is 509 g/mol. The first-order valence-electron chi connectivity index (χ1n) is 9.81.